The van der Waals surface area contributed by atoms with E-state index in [0.29, 0.717) is 22.6 Å². The van der Waals surface area contributed by atoms with E-state index in [2.05, 4.69) is 9.97 Å². The van der Waals surface area contributed by atoms with Gasteiger partial charge in [-0.2, -0.15) is 0 Å². The number of hydrogen-bond acceptors (Lipinski definition) is 9. The van der Waals surface area contributed by atoms with Gasteiger partial charge in [0.15, 0.2) is 22.2 Å². The molecule has 2 heterocycles. The second-order valence-corrected chi connectivity index (χ2v) is 15.9. The van der Waals surface area contributed by atoms with Crippen LogP contribution in [0.5, 0.6) is 23.0 Å². The molecule has 7 aromatic carbocycles. The van der Waals surface area contributed by atoms with Crippen LogP contribution in [0.1, 0.15) is 16.7 Å². The maximum absolute atomic E-state index is 14.9. The van der Waals surface area contributed by atoms with Gasteiger partial charge < -0.3 is 28.7 Å². The van der Waals surface area contributed by atoms with E-state index in [9.17, 15) is 18.3 Å². The number of aromatic amines is 1. The third-order valence-electron chi connectivity index (χ3n) is 9.91. The van der Waals surface area contributed by atoms with Crippen LogP contribution < -0.4 is 19.6 Å². The number of rotatable bonds is 13. The number of phenolic OH excluding ortho intramolecular Hbond substituents is 1. The Kier molecular flexibility index (Phi) is 10.3. The van der Waals surface area contributed by atoms with Gasteiger partial charge in [0.05, 0.1) is 15.9 Å². The summed E-state index contributed by atoms with van der Waals surface area (Å²) in [7, 11) is -4.65. The second kappa shape index (κ2) is 16.3. The van der Waals surface area contributed by atoms with Crippen molar-refractivity contribution in [1.29, 1.82) is 0 Å². The fourth-order valence-electron chi connectivity index (χ4n) is 6.87. The SMILES string of the molecule is O=c1c(S(=O)(=O)c2ccc3nc(-c4ccccc4)[nH]c3c2)c(-c2ccc(OCc3ccccc3)c(OCc3ccccc3)c2)oc2cc(OCc3ccccc3)cc(O)c12. The summed E-state index contributed by atoms with van der Waals surface area (Å²) in [5, 5.41) is 11.0. The van der Waals surface area contributed by atoms with Crippen molar-refractivity contribution in [3.63, 3.8) is 0 Å². The topological polar surface area (TPSA) is 141 Å². The molecule has 0 unspecified atom stereocenters. The van der Waals surface area contributed by atoms with Gasteiger partial charge in [-0.05, 0) is 53.1 Å². The van der Waals surface area contributed by atoms with Gasteiger partial charge in [-0.25, -0.2) is 13.4 Å². The zero-order valence-corrected chi connectivity index (χ0v) is 32.8. The van der Waals surface area contributed by atoms with Crippen molar-refractivity contribution in [2.45, 2.75) is 29.6 Å². The summed E-state index contributed by atoms with van der Waals surface area (Å²) >= 11 is 0. The van der Waals surface area contributed by atoms with E-state index in [0.717, 1.165) is 22.3 Å². The van der Waals surface area contributed by atoms with Crippen LogP contribution in [-0.4, -0.2) is 23.5 Å². The van der Waals surface area contributed by atoms with Gasteiger partial charge in [0.1, 0.15) is 48.1 Å². The molecule has 0 aliphatic heterocycles. The Morgan fingerprint density at radius 1 is 0.600 bits per heavy atom. The number of phenols is 1. The lowest BCUT2D eigenvalue weighted by molar-refractivity contribution is 0.256. The van der Waals surface area contributed by atoms with Crippen molar-refractivity contribution in [2.24, 2.45) is 0 Å². The number of fused-ring (bicyclic) bond motifs is 2. The predicted octanol–water partition coefficient (Wildman–Crippen LogP) is 10.3. The van der Waals surface area contributed by atoms with Crippen LogP contribution >= 0.6 is 0 Å². The lowest BCUT2D eigenvalue weighted by atomic mass is 10.1. The lowest BCUT2D eigenvalue weighted by Crippen LogP contribution is -2.17. The number of aromatic hydroxyl groups is 1. The van der Waals surface area contributed by atoms with E-state index in [4.69, 9.17) is 18.6 Å². The summed E-state index contributed by atoms with van der Waals surface area (Å²) < 4.78 is 54.8. The Balaban J connectivity index is 1.19. The van der Waals surface area contributed by atoms with Crippen LogP contribution in [0.3, 0.4) is 0 Å². The first-order valence-electron chi connectivity index (χ1n) is 19.1. The van der Waals surface area contributed by atoms with Crippen LogP contribution in [0.25, 0.3) is 44.7 Å². The van der Waals surface area contributed by atoms with Crippen molar-refractivity contribution in [3.05, 3.63) is 197 Å². The molecule has 2 aromatic heterocycles. The Bertz CT molecular complexity index is 3140. The molecule has 9 rings (SSSR count). The third kappa shape index (κ3) is 7.81. The van der Waals surface area contributed by atoms with Crippen LogP contribution in [0.2, 0.25) is 0 Å². The average Bonchev–Trinajstić information content (AvgIpc) is 3.72. The van der Waals surface area contributed by atoms with Gasteiger partial charge in [-0.15, -0.1) is 0 Å². The molecule has 0 atom stereocenters. The Hall–Kier alpha value is -7.63. The minimum absolute atomic E-state index is 0.0790. The van der Waals surface area contributed by atoms with E-state index in [1.54, 1.807) is 24.3 Å². The standard InChI is InChI=1S/C49H36N2O8S/c52-41-26-37(56-29-32-13-5-1-6-14-32)27-44-45(41)46(53)48(60(54,55)38-22-23-39-40(28-38)51-49(50-39)35-19-11-4-12-20-35)47(59-44)36-21-24-42(57-30-33-15-7-2-8-16-33)43(25-36)58-31-34-17-9-3-10-18-34/h1-28,52H,29-31H2,(H,50,51). The molecule has 11 heteroatoms. The smallest absolute Gasteiger partial charge is 0.216 e. The Labute approximate surface area is 344 Å². The Morgan fingerprint density at radius 3 is 1.82 bits per heavy atom. The molecular weight excluding hydrogens is 777 g/mol. The molecule has 296 valence electrons. The number of H-pyrrole nitrogens is 1. The first-order valence-corrected chi connectivity index (χ1v) is 20.6. The summed E-state index contributed by atoms with van der Waals surface area (Å²) in [6, 6.07) is 50.1. The summed E-state index contributed by atoms with van der Waals surface area (Å²) in [5.41, 5.74) is 3.68. The molecule has 0 saturated heterocycles. The van der Waals surface area contributed by atoms with Gasteiger partial charge in [0.25, 0.3) is 0 Å². The maximum Gasteiger partial charge on any atom is 0.216 e. The molecule has 0 amide bonds. The fraction of sp³-hybridized carbons (Fsp3) is 0.0612. The van der Waals surface area contributed by atoms with Crippen molar-refractivity contribution >= 4 is 31.8 Å². The highest BCUT2D eigenvalue weighted by Gasteiger charge is 2.32. The average molecular weight is 813 g/mol. The van der Waals surface area contributed by atoms with E-state index >= 15 is 0 Å². The highest BCUT2D eigenvalue weighted by Crippen LogP contribution is 2.40. The number of nitrogens with one attached hydrogen (secondary N) is 1. The maximum atomic E-state index is 14.9. The highest BCUT2D eigenvalue weighted by molar-refractivity contribution is 7.91. The van der Waals surface area contributed by atoms with E-state index in [1.165, 1.54) is 24.3 Å². The van der Waals surface area contributed by atoms with Crippen LogP contribution in [0.4, 0.5) is 0 Å². The van der Waals surface area contributed by atoms with Crippen LogP contribution in [0.15, 0.2) is 189 Å². The van der Waals surface area contributed by atoms with Gasteiger partial charge in [0, 0.05) is 23.3 Å². The first-order chi connectivity index (χ1) is 29.3. The number of nitrogens with zero attached hydrogens (tertiary/aromatic N) is 1. The third-order valence-corrected chi connectivity index (χ3v) is 11.7. The van der Waals surface area contributed by atoms with Crippen molar-refractivity contribution < 1.29 is 32.2 Å². The normalized spacial score (nSPS) is 11.5. The van der Waals surface area contributed by atoms with Crippen molar-refractivity contribution in [1.82, 2.24) is 9.97 Å². The number of sulfone groups is 1. The molecule has 10 nitrogen and oxygen atoms in total. The van der Waals surface area contributed by atoms with E-state index in [-0.39, 0.29) is 58.5 Å². The molecule has 0 aliphatic carbocycles. The number of benzene rings is 7. The number of imidazole rings is 1. The first kappa shape index (κ1) is 37.9. The molecule has 0 aliphatic rings. The second-order valence-electron chi connectivity index (χ2n) is 14.0. The van der Waals surface area contributed by atoms with Gasteiger partial charge in [0.2, 0.25) is 15.3 Å². The van der Waals surface area contributed by atoms with Gasteiger partial charge in [-0.3, -0.25) is 4.79 Å². The quantitative estimate of drug-likeness (QED) is 0.116. The minimum atomic E-state index is -4.65. The zero-order chi connectivity index (χ0) is 41.1. The molecule has 0 spiro atoms. The van der Waals surface area contributed by atoms with E-state index in [1.807, 2.05) is 121 Å². The largest absolute Gasteiger partial charge is 0.507 e. The van der Waals surface area contributed by atoms with Crippen LogP contribution in [-0.2, 0) is 29.7 Å². The van der Waals surface area contributed by atoms with Gasteiger partial charge >= 0.3 is 0 Å². The number of ether oxygens (including phenoxy) is 3. The van der Waals surface area contributed by atoms with Crippen molar-refractivity contribution in [2.75, 3.05) is 0 Å². The summed E-state index contributed by atoms with van der Waals surface area (Å²) in [6.07, 6.45) is 0. The number of hydrogen-bond donors (Lipinski definition) is 2. The minimum Gasteiger partial charge on any atom is -0.507 e. The molecule has 0 saturated carbocycles. The number of aromatic nitrogens is 2. The molecular formula is C49H36N2O8S. The summed E-state index contributed by atoms with van der Waals surface area (Å²) in [6.45, 7) is 0.577. The Morgan fingerprint density at radius 2 is 1.18 bits per heavy atom. The lowest BCUT2D eigenvalue weighted by Gasteiger charge is -2.16. The van der Waals surface area contributed by atoms with E-state index < -0.39 is 25.9 Å². The monoisotopic (exact) mass is 812 g/mol. The fourth-order valence-corrected chi connectivity index (χ4v) is 8.38. The molecule has 0 bridgehead atoms. The highest BCUT2D eigenvalue weighted by atomic mass is 32.2. The molecule has 2 N–H and O–H groups in total. The van der Waals surface area contributed by atoms with Gasteiger partial charge in [-0.1, -0.05) is 121 Å². The predicted molar refractivity (Wildman–Crippen MR) is 229 cm³/mol. The van der Waals surface area contributed by atoms with Crippen LogP contribution in [0, 0.1) is 0 Å². The van der Waals surface area contributed by atoms with Crippen molar-refractivity contribution in [3.8, 4) is 45.7 Å². The molecule has 0 fully saturated rings. The molecule has 9 aromatic rings. The zero-order valence-electron chi connectivity index (χ0n) is 31.9. The summed E-state index contributed by atoms with van der Waals surface area (Å²) in [5.74, 6) is 0.678. The molecule has 0 radical (unpaired) electrons. The summed E-state index contributed by atoms with van der Waals surface area (Å²) in [4.78, 5) is 21.7. The molecule has 60 heavy (non-hydrogen) atoms.